The number of Topliss-reactive ketones (excluding diaryl/α,β-unsaturated/α-hetero) is 1. The van der Waals surface area contributed by atoms with Gasteiger partial charge in [-0.3, -0.25) is 4.79 Å². The first kappa shape index (κ1) is 25.4. The fourth-order valence-electron chi connectivity index (χ4n) is 9.46. The van der Waals surface area contributed by atoms with Crippen molar-refractivity contribution >= 4 is 5.78 Å². The number of hydrogen-bond donors (Lipinski definition) is 2. The van der Waals surface area contributed by atoms with Gasteiger partial charge in [0.15, 0.2) is 0 Å². The van der Waals surface area contributed by atoms with Gasteiger partial charge in [0, 0.05) is 11.8 Å². The van der Waals surface area contributed by atoms with Gasteiger partial charge in [-0.2, -0.15) is 0 Å². The minimum Gasteiger partial charge on any atom is -0.390 e. The van der Waals surface area contributed by atoms with Crippen molar-refractivity contribution in [2.45, 2.75) is 125 Å². The SMILES string of the molecule is CC(CCC(O)C(C)(C)O)C1CCC2(C)C3CCC4C(C)(C)C(=O)CCC4(C)C3=CCC12C. The Morgan fingerprint density at radius 3 is 2.33 bits per heavy atom. The maximum absolute atomic E-state index is 12.8. The second kappa shape index (κ2) is 7.92. The number of hydrogen-bond acceptors (Lipinski definition) is 3. The summed E-state index contributed by atoms with van der Waals surface area (Å²) in [5, 5.41) is 20.6. The molecule has 8 unspecified atom stereocenters. The van der Waals surface area contributed by atoms with E-state index in [-0.39, 0.29) is 16.2 Å². The minimum absolute atomic E-state index is 0.172. The van der Waals surface area contributed by atoms with Crippen LogP contribution in [-0.2, 0) is 4.79 Å². The standard InChI is InChI=1S/C30H50O3/c1-19(9-12-25(32)27(4,5)33)20-13-17-30(8)22-10-11-23-26(2,3)24(31)15-16-28(23,6)21(22)14-18-29(20,30)7/h14,19-20,22-23,25,32-33H,9-13,15-18H2,1-8H3. The average molecular weight is 459 g/mol. The topological polar surface area (TPSA) is 57.5 Å². The molecule has 3 saturated carbocycles. The third-order valence-corrected chi connectivity index (χ3v) is 12.0. The zero-order valence-electron chi connectivity index (χ0n) is 22.6. The lowest BCUT2D eigenvalue weighted by molar-refractivity contribution is -0.142. The lowest BCUT2D eigenvalue weighted by Crippen LogP contribution is -2.56. The largest absolute Gasteiger partial charge is 0.390 e. The van der Waals surface area contributed by atoms with Crippen molar-refractivity contribution in [2.75, 3.05) is 0 Å². The van der Waals surface area contributed by atoms with Crippen molar-refractivity contribution in [1.29, 1.82) is 0 Å². The number of aliphatic hydroxyl groups is 2. The van der Waals surface area contributed by atoms with Gasteiger partial charge < -0.3 is 10.2 Å². The summed E-state index contributed by atoms with van der Waals surface area (Å²) in [4.78, 5) is 12.8. The predicted molar refractivity (Wildman–Crippen MR) is 135 cm³/mol. The third-order valence-electron chi connectivity index (χ3n) is 12.0. The highest BCUT2D eigenvalue weighted by Gasteiger charge is 2.65. The number of allylic oxidation sites excluding steroid dienone is 2. The third kappa shape index (κ3) is 3.62. The zero-order valence-corrected chi connectivity index (χ0v) is 22.6. The van der Waals surface area contributed by atoms with Gasteiger partial charge in [-0.15, -0.1) is 0 Å². The van der Waals surface area contributed by atoms with E-state index in [9.17, 15) is 15.0 Å². The number of carbonyl (C=O) groups is 1. The number of fused-ring (bicyclic) bond motifs is 5. The minimum atomic E-state index is -1.03. The Balaban J connectivity index is 1.59. The van der Waals surface area contributed by atoms with Gasteiger partial charge in [0.25, 0.3) is 0 Å². The molecule has 0 aromatic carbocycles. The van der Waals surface area contributed by atoms with Crippen LogP contribution >= 0.6 is 0 Å². The predicted octanol–water partition coefficient (Wildman–Crippen LogP) is 6.71. The van der Waals surface area contributed by atoms with Gasteiger partial charge in [0.2, 0.25) is 0 Å². The van der Waals surface area contributed by atoms with Crippen LogP contribution in [-0.4, -0.2) is 27.7 Å². The molecular weight excluding hydrogens is 408 g/mol. The molecule has 0 spiro atoms. The molecule has 0 aromatic rings. The molecule has 2 N–H and O–H groups in total. The van der Waals surface area contributed by atoms with Gasteiger partial charge in [-0.05, 0) is 105 Å². The Morgan fingerprint density at radius 2 is 1.70 bits per heavy atom. The van der Waals surface area contributed by atoms with E-state index < -0.39 is 11.7 Å². The zero-order chi connectivity index (χ0) is 24.6. The Bertz CT molecular complexity index is 819. The molecule has 0 aliphatic heterocycles. The first-order chi connectivity index (χ1) is 15.1. The van der Waals surface area contributed by atoms with Gasteiger partial charge in [-0.25, -0.2) is 0 Å². The molecule has 33 heavy (non-hydrogen) atoms. The molecule has 188 valence electrons. The first-order valence-electron chi connectivity index (χ1n) is 13.7. The molecule has 0 amide bonds. The summed E-state index contributed by atoms with van der Waals surface area (Å²) >= 11 is 0. The van der Waals surface area contributed by atoms with E-state index in [0.29, 0.717) is 41.3 Å². The van der Waals surface area contributed by atoms with Crippen LogP contribution in [0.2, 0.25) is 0 Å². The van der Waals surface area contributed by atoms with E-state index in [1.54, 1.807) is 19.4 Å². The van der Waals surface area contributed by atoms with E-state index in [1.807, 2.05) is 0 Å². The summed E-state index contributed by atoms with van der Waals surface area (Å²) in [5.41, 5.74) is 1.23. The van der Waals surface area contributed by atoms with Gasteiger partial charge in [0.1, 0.15) is 5.78 Å². The highest BCUT2D eigenvalue weighted by molar-refractivity contribution is 5.85. The van der Waals surface area contributed by atoms with E-state index in [1.165, 1.54) is 25.7 Å². The van der Waals surface area contributed by atoms with Crippen LogP contribution in [0.3, 0.4) is 0 Å². The molecule has 0 radical (unpaired) electrons. The highest BCUT2D eigenvalue weighted by Crippen LogP contribution is 2.72. The Kier molecular flexibility index (Phi) is 6.10. The van der Waals surface area contributed by atoms with Crippen LogP contribution in [0, 0.1) is 45.3 Å². The van der Waals surface area contributed by atoms with Crippen LogP contribution in [0.1, 0.15) is 113 Å². The summed E-state index contributed by atoms with van der Waals surface area (Å²) in [6, 6.07) is 0. The lowest BCUT2D eigenvalue weighted by Gasteiger charge is -2.63. The number of rotatable bonds is 5. The summed E-state index contributed by atoms with van der Waals surface area (Å²) in [6.45, 7) is 17.9. The molecule has 4 aliphatic carbocycles. The number of carbonyl (C=O) groups excluding carboxylic acids is 1. The molecule has 0 aromatic heterocycles. The van der Waals surface area contributed by atoms with Crippen LogP contribution in [0.15, 0.2) is 11.6 Å². The number of ketones is 1. The summed E-state index contributed by atoms with van der Waals surface area (Å²) in [7, 11) is 0. The molecule has 8 atom stereocenters. The molecule has 0 saturated heterocycles. The van der Waals surface area contributed by atoms with Crippen molar-refractivity contribution in [2.24, 2.45) is 45.3 Å². The van der Waals surface area contributed by atoms with Crippen molar-refractivity contribution in [1.82, 2.24) is 0 Å². The van der Waals surface area contributed by atoms with Gasteiger partial charge in [0.05, 0.1) is 11.7 Å². The summed E-state index contributed by atoms with van der Waals surface area (Å²) in [6.07, 6.45) is 11.5. The average Bonchev–Trinajstić information content (AvgIpc) is 3.00. The van der Waals surface area contributed by atoms with E-state index in [0.717, 1.165) is 25.7 Å². The summed E-state index contributed by atoms with van der Waals surface area (Å²) < 4.78 is 0. The van der Waals surface area contributed by atoms with E-state index in [4.69, 9.17) is 0 Å². The van der Waals surface area contributed by atoms with Gasteiger partial charge >= 0.3 is 0 Å². The molecular formula is C30H50O3. The molecule has 3 heteroatoms. The maximum atomic E-state index is 12.8. The summed E-state index contributed by atoms with van der Waals surface area (Å²) in [5.74, 6) is 2.78. The van der Waals surface area contributed by atoms with E-state index in [2.05, 4.69) is 47.6 Å². The van der Waals surface area contributed by atoms with Crippen LogP contribution < -0.4 is 0 Å². The molecule has 4 rings (SSSR count). The molecule has 0 bridgehead atoms. The van der Waals surface area contributed by atoms with Crippen LogP contribution in [0.4, 0.5) is 0 Å². The number of aliphatic hydroxyl groups excluding tert-OH is 1. The maximum Gasteiger partial charge on any atom is 0.138 e. The normalized spacial score (nSPS) is 44.4. The van der Waals surface area contributed by atoms with Crippen molar-refractivity contribution in [3.8, 4) is 0 Å². The quantitative estimate of drug-likeness (QED) is 0.450. The van der Waals surface area contributed by atoms with Crippen LogP contribution in [0.5, 0.6) is 0 Å². The lowest BCUT2D eigenvalue weighted by atomic mass is 9.41. The monoisotopic (exact) mass is 458 g/mol. The van der Waals surface area contributed by atoms with E-state index >= 15 is 0 Å². The molecule has 4 aliphatic rings. The molecule has 3 nitrogen and oxygen atoms in total. The van der Waals surface area contributed by atoms with Crippen molar-refractivity contribution < 1.29 is 15.0 Å². The first-order valence-corrected chi connectivity index (χ1v) is 13.7. The second-order valence-electron chi connectivity index (χ2n) is 14.3. The van der Waals surface area contributed by atoms with Crippen LogP contribution in [0.25, 0.3) is 0 Å². The Labute approximate surface area is 202 Å². The van der Waals surface area contributed by atoms with Gasteiger partial charge in [-0.1, -0.05) is 53.2 Å². The fourth-order valence-corrected chi connectivity index (χ4v) is 9.46. The van der Waals surface area contributed by atoms with Crippen molar-refractivity contribution in [3.05, 3.63) is 11.6 Å². The molecule has 3 fully saturated rings. The second-order valence-corrected chi connectivity index (χ2v) is 14.3. The Morgan fingerprint density at radius 1 is 1.03 bits per heavy atom. The van der Waals surface area contributed by atoms with Crippen molar-refractivity contribution in [3.63, 3.8) is 0 Å². The smallest absolute Gasteiger partial charge is 0.138 e. The fraction of sp³-hybridized carbons (Fsp3) is 0.900. The molecule has 0 heterocycles. The highest BCUT2D eigenvalue weighted by atomic mass is 16.3. The Hall–Kier alpha value is -0.670.